The topological polar surface area (TPSA) is 26.3 Å². The molecule has 2 aliphatic rings. The Morgan fingerprint density at radius 3 is 1.94 bits per heavy atom. The van der Waals surface area contributed by atoms with Crippen molar-refractivity contribution in [3.8, 4) is 16.9 Å². The van der Waals surface area contributed by atoms with Gasteiger partial charge in [-0.15, -0.1) is 0 Å². The van der Waals surface area contributed by atoms with E-state index in [4.69, 9.17) is 4.74 Å². The van der Waals surface area contributed by atoms with Gasteiger partial charge in [-0.2, -0.15) is 0 Å². The minimum absolute atomic E-state index is 0.162. The average Bonchev–Trinajstić information content (AvgIpc) is 2.87. The third-order valence-electron chi connectivity index (χ3n) is 7.27. The lowest BCUT2D eigenvalue weighted by atomic mass is 9.63. The molecular weight excluding hydrogens is 392 g/mol. The predicted octanol–water partition coefficient (Wildman–Crippen LogP) is 6.73. The van der Waals surface area contributed by atoms with Crippen molar-refractivity contribution in [2.75, 3.05) is 6.61 Å². The molecule has 0 radical (unpaired) electrons. The Kier molecular flexibility index (Phi) is 3.49. The molecule has 0 N–H and O–H groups in total. The highest BCUT2D eigenvalue weighted by atomic mass is 16.5. The second kappa shape index (κ2) is 6.30. The Balaban J connectivity index is 1.54. The molecular formula is C30H20O2. The largest absolute Gasteiger partial charge is 0.491 e. The van der Waals surface area contributed by atoms with E-state index in [1.54, 1.807) is 0 Å². The fourth-order valence-electron chi connectivity index (χ4n) is 5.82. The molecule has 0 fully saturated rings. The highest BCUT2D eigenvalue weighted by molar-refractivity contribution is 6.16. The van der Waals surface area contributed by atoms with Gasteiger partial charge in [0.25, 0.3) is 0 Å². The standard InChI is InChI=1S/C30H20O2/c31-29-25-15-6-4-12-22(25)23-13-7-8-16-27(23)30(29)17-26-21-11-2-1-9-19(21)20-10-3-5-14-24(20)28(26)32-18-30/h1-16H,17-18H2/t30-/m0/s1. The molecule has 0 saturated heterocycles. The van der Waals surface area contributed by atoms with Crippen LogP contribution in [0.3, 0.4) is 0 Å². The van der Waals surface area contributed by atoms with Crippen molar-refractivity contribution in [1.82, 2.24) is 0 Å². The molecule has 0 bridgehead atoms. The molecule has 5 aromatic rings. The van der Waals surface area contributed by atoms with Crippen molar-refractivity contribution in [3.05, 3.63) is 114 Å². The van der Waals surface area contributed by atoms with Crippen molar-refractivity contribution in [2.24, 2.45) is 0 Å². The van der Waals surface area contributed by atoms with Crippen molar-refractivity contribution >= 4 is 27.3 Å². The van der Waals surface area contributed by atoms with E-state index < -0.39 is 5.41 Å². The molecule has 1 atom stereocenters. The molecule has 1 aliphatic heterocycles. The van der Waals surface area contributed by atoms with Crippen LogP contribution in [0, 0.1) is 0 Å². The van der Waals surface area contributed by atoms with Crippen LogP contribution in [0.2, 0.25) is 0 Å². The maximum atomic E-state index is 14.1. The first-order chi connectivity index (χ1) is 15.8. The molecule has 0 unspecified atom stereocenters. The number of ether oxygens (including phenoxy) is 1. The second-order valence-electron chi connectivity index (χ2n) is 8.87. The fourth-order valence-corrected chi connectivity index (χ4v) is 5.82. The van der Waals surface area contributed by atoms with Gasteiger partial charge >= 0.3 is 0 Å². The quantitative estimate of drug-likeness (QED) is 0.264. The van der Waals surface area contributed by atoms with Gasteiger partial charge in [0.2, 0.25) is 0 Å². The SMILES string of the molecule is O=C1c2ccccc2-c2ccccc2[C@]12COc1c(c3ccccc3c3ccccc13)C2. The first kappa shape index (κ1) is 17.7. The zero-order chi connectivity index (χ0) is 21.3. The first-order valence-electron chi connectivity index (χ1n) is 11.1. The molecule has 0 saturated carbocycles. The molecule has 32 heavy (non-hydrogen) atoms. The van der Waals surface area contributed by atoms with E-state index in [9.17, 15) is 4.79 Å². The van der Waals surface area contributed by atoms with Crippen LogP contribution >= 0.6 is 0 Å². The molecule has 5 aromatic carbocycles. The molecule has 2 heteroatoms. The lowest BCUT2D eigenvalue weighted by Gasteiger charge is -2.42. The predicted molar refractivity (Wildman–Crippen MR) is 129 cm³/mol. The molecule has 2 nitrogen and oxygen atoms in total. The molecule has 0 amide bonds. The van der Waals surface area contributed by atoms with Crippen LogP contribution in [-0.4, -0.2) is 12.4 Å². The fraction of sp³-hybridized carbons (Fsp3) is 0.100. The second-order valence-corrected chi connectivity index (χ2v) is 8.87. The third-order valence-corrected chi connectivity index (χ3v) is 7.27. The average molecular weight is 412 g/mol. The summed E-state index contributed by atoms with van der Waals surface area (Å²) in [7, 11) is 0. The van der Waals surface area contributed by atoms with E-state index in [1.165, 1.54) is 16.2 Å². The van der Waals surface area contributed by atoms with Crippen molar-refractivity contribution in [2.45, 2.75) is 11.8 Å². The van der Waals surface area contributed by atoms with E-state index >= 15 is 0 Å². The number of rotatable bonds is 0. The Hall–Kier alpha value is -3.91. The van der Waals surface area contributed by atoms with Gasteiger partial charge in [-0.25, -0.2) is 0 Å². The van der Waals surface area contributed by atoms with Gasteiger partial charge in [-0.1, -0.05) is 97.1 Å². The van der Waals surface area contributed by atoms with E-state index in [0.717, 1.165) is 39.0 Å². The van der Waals surface area contributed by atoms with E-state index in [-0.39, 0.29) is 5.78 Å². The zero-order valence-corrected chi connectivity index (χ0v) is 17.5. The molecule has 152 valence electrons. The monoisotopic (exact) mass is 412 g/mol. The number of carbonyl (C=O) groups is 1. The van der Waals surface area contributed by atoms with Gasteiger partial charge in [-0.3, -0.25) is 4.79 Å². The summed E-state index contributed by atoms with van der Waals surface area (Å²) in [6.45, 7) is 0.354. The van der Waals surface area contributed by atoms with Crippen LogP contribution in [-0.2, 0) is 11.8 Å². The normalized spacial score (nSPS) is 18.8. The summed E-state index contributed by atoms with van der Waals surface area (Å²) in [4.78, 5) is 14.1. The van der Waals surface area contributed by atoms with E-state index in [0.29, 0.717) is 13.0 Å². The van der Waals surface area contributed by atoms with Gasteiger partial charge in [0, 0.05) is 16.5 Å². The Morgan fingerprint density at radius 2 is 1.16 bits per heavy atom. The molecule has 0 aromatic heterocycles. The summed E-state index contributed by atoms with van der Waals surface area (Å²) < 4.78 is 6.56. The number of carbonyl (C=O) groups excluding carboxylic acids is 1. The Labute approximate surface area is 186 Å². The van der Waals surface area contributed by atoms with E-state index in [1.807, 2.05) is 24.3 Å². The van der Waals surface area contributed by atoms with Crippen LogP contribution < -0.4 is 4.74 Å². The number of ketones is 1. The lowest BCUT2D eigenvalue weighted by molar-refractivity contribution is 0.0790. The van der Waals surface area contributed by atoms with Crippen LogP contribution in [0.5, 0.6) is 5.75 Å². The van der Waals surface area contributed by atoms with Crippen LogP contribution in [0.15, 0.2) is 97.1 Å². The Morgan fingerprint density at radius 1 is 0.594 bits per heavy atom. The molecule has 1 spiro atoms. The number of hydrogen-bond acceptors (Lipinski definition) is 2. The van der Waals surface area contributed by atoms with Gasteiger partial charge < -0.3 is 4.74 Å². The first-order valence-corrected chi connectivity index (χ1v) is 11.1. The zero-order valence-electron chi connectivity index (χ0n) is 17.5. The number of Topliss-reactive ketones (excluding diaryl/α,β-unsaturated/α-hetero) is 1. The third kappa shape index (κ3) is 2.17. The summed E-state index contributed by atoms with van der Waals surface area (Å²) in [5.41, 5.74) is 4.44. The van der Waals surface area contributed by atoms with Crippen LogP contribution in [0.4, 0.5) is 0 Å². The summed E-state index contributed by atoms with van der Waals surface area (Å²) in [6.07, 6.45) is 0.637. The lowest BCUT2D eigenvalue weighted by Crippen LogP contribution is -2.48. The van der Waals surface area contributed by atoms with Crippen molar-refractivity contribution in [3.63, 3.8) is 0 Å². The summed E-state index contributed by atoms with van der Waals surface area (Å²) in [5, 5.41) is 4.69. The van der Waals surface area contributed by atoms with Gasteiger partial charge in [0.15, 0.2) is 5.78 Å². The van der Waals surface area contributed by atoms with E-state index in [2.05, 4.69) is 72.8 Å². The number of fused-ring (bicyclic) bond motifs is 10. The maximum absolute atomic E-state index is 14.1. The summed E-state index contributed by atoms with van der Waals surface area (Å²) in [5.74, 6) is 1.09. The highest BCUT2D eigenvalue weighted by Gasteiger charge is 2.49. The Bertz CT molecular complexity index is 1580. The number of hydrogen-bond donors (Lipinski definition) is 0. The number of benzene rings is 5. The van der Waals surface area contributed by atoms with Crippen molar-refractivity contribution in [1.29, 1.82) is 0 Å². The molecule has 7 rings (SSSR count). The minimum Gasteiger partial charge on any atom is -0.491 e. The molecule has 1 heterocycles. The minimum atomic E-state index is -0.719. The maximum Gasteiger partial charge on any atom is 0.177 e. The molecule has 1 aliphatic carbocycles. The van der Waals surface area contributed by atoms with Crippen LogP contribution in [0.1, 0.15) is 21.5 Å². The van der Waals surface area contributed by atoms with Crippen LogP contribution in [0.25, 0.3) is 32.7 Å². The summed E-state index contributed by atoms with van der Waals surface area (Å²) >= 11 is 0. The van der Waals surface area contributed by atoms with Crippen molar-refractivity contribution < 1.29 is 9.53 Å². The van der Waals surface area contributed by atoms with Gasteiger partial charge in [0.05, 0.1) is 5.41 Å². The highest BCUT2D eigenvalue weighted by Crippen LogP contribution is 2.51. The smallest absolute Gasteiger partial charge is 0.177 e. The van der Waals surface area contributed by atoms with Gasteiger partial charge in [0.1, 0.15) is 12.4 Å². The summed E-state index contributed by atoms with van der Waals surface area (Å²) in [6, 6.07) is 33.2. The van der Waals surface area contributed by atoms with Gasteiger partial charge in [-0.05, 0) is 39.3 Å².